The first-order chi connectivity index (χ1) is 16.7. The van der Waals surface area contributed by atoms with Gasteiger partial charge in [0.2, 0.25) is 0 Å². The third kappa shape index (κ3) is 3.77. The lowest BCUT2D eigenvalue weighted by molar-refractivity contribution is -0.118. The Hall–Kier alpha value is -3.98. The summed E-state index contributed by atoms with van der Waals surface area (Å²) in [5, 5.41) is 0.676. The Labute approximate surface area is 201 Å². The summed E-state index contributed by atoms with van der Waals surface area (Å²) >= 11 is 0. The highest BCUT2D eigenvalue weighted by atomic mass is 32.2. The Kier molecular flexibility index (Phi) is 5.44. The lowest BCUT2D eigenvalue weighted by Gasteiger charge is -2.12. The lowest BCUT2D eigenvalue weighted by atomic mass is 10.1. The van der Waals surface area contributed by atoms with Gasteiger partial charge in [-0.2, -0.15) is 0 Å². The molecule has 3 aromatic heterocycles. The molecule has 0 N–H and O–H groups in total. The van der Waals surface area contributed by atoms with E-state index in [0.29, 0.717) is 16.7 Å². The van der Waals surface area contributed by atoms with Crippen molar-refractivity contribution in [1.29, 1.82) is 0 Å². The molecule has 0 atom stereocenters. The second-order valence-corrected chi connectivity index (χ2v) is 10.2. The zero-order valence-corrected chi connectivity index (χ0v) is 20.1. The molecule has 0 spiro atoms. The summed E-state index contributed by atoms with van der Waals surface area (Å²) in [7, 11) is -2.41. The first-order valence-electron chi connectivity index (χ1n) is 10.9. The van der Waals surface area contributed by atoms with Gasteiger partial charge in [-0.25, -0.2) is 21.8 Å². The Morgan fingerprint density at radius 3 is 2.54 bits per heavy atom. The summed E-state index contributed by atoms with van der Waals surface area (Å²) in [4.78, 5) is 15.6. The number of aromatic nitrogens is 3. The second-order valence-electron chi connectivity index (χ2n) is 8.44. The highest BCUT2D eigenvalue weighted by Gasteiger charge is 2.30. The number of carbonyl (C=O) groups excluding carboxylic acids is 1. The van der Waals surface area contributed by atoms with Crippen molar-refractivity contribution >= 4 is 37.7 Å². The molecule has 3 heterocycles. The van der Waals surface area contributed by atoms with E-state index in [1.54, 1.807) is 54.2 Å². The fourth-order valence-corrected chi connectivity index (χ4v) is 5.65. The number of ketones is 1. The smallest absolute Gasteiger partial charge is 0.270 e. The van der Waals surface area contributed by atoms with Gasteiger partial charge in [0.25, 0.3) is 10.0 Å². The predicted octanol–water partition coefficient (Wildman–Crippen LogP) is 4.85. The number of nitrogens with zero attached hydrogens (tertiary/aromatic N) is 3. The molecule has 2 aromatic carbocycles. The average molecular weight is 492 g/mol. The zero-order chi connectivity index (χ0) is 24.9. The average Bonchev–Trinajstić information content (AvgIpc) is 3.32. The minimum atomic E-state index is -4.20. The molecule has 35 heavy (non-hydrogen) atoms. The molecule has 0 fully saturated rings. The van der Waals surface area contributed by atoms with Crippen LogP contribution >= 0.6 is 0 Å². The van der Waals surface area contributed by atoms with Crippen molar-refractivity contribution in [3.05, 3.63) is 78.4 Å². The summed E-state index contributed by atoms with van der Waals surface area (Å²) in [5.74, 6) is -0.408. The molecule has 0 unspecified atom stereocenters. The summed E-state index contributed by atoms with van der Waals surface area (Å²) < 4.78 is 52.0. The van der Waals surface area contributed by atoms with Gasteiger partial charge >= 0.3 is 0 Å². The van der Waals surface area contributed by atoms with Crippen molar-refractivity contribution < 1.29 is 22.3 Å². The molecular weight excluding hydrogens is 469 g/mol. The van der Waals surface area contributed by atoms with Crippen LogP contribution in [0.25, 0.3) is 33.2 Å². The van der Waals surface area contributed by atoms with Crippen LogP contribution in [0.5, 0.6) is 5.75 Å². The number of hydrogen-bond donors (Lipinski definition) is 0. The molecule has 0 saturated carbocycles. The van der Waals surface area contributed by atoms with Crippen molar-refractivity contribution in [2.24, 2.45) is 7.05 Å². The van der Waals surface area contributed by atoms with E-state index < -0.39 is 15.8 Å². The van der Waals surface area contributed by atoms with E-state index in [4.69, 9.17) is 4.74 Å². The number of Topliss-reactive ketones (excluding diaryl/α,β-unsaturated/α-hetero) is 1. The number of hydrogen-bond acceptors (Lipinski definition) is 5. The lowest BCUT2D eigenvalue weighted by Crippen LogP contribution is -2.15. The Morgan fingerprint density at radius 1 is 1.09 bits per heavy atom. The van der Waals surface area contributed by atoms with E-state index in [1.165, 1.54) is 31.3 Å². The maximum Gasteiger partial charge on any atom is 0.270 e. The van der Waals surface area contributed by atoms with Gasteiger partial charge in [0.1, 0.15) is 18.1 Å². The van der Waals surface area contributed by atoms with E-state index >= 15 is 4.39 Å². The molecule has 0 radical (unpaired) electrons. The summed E-state index contributed by atoms with van der Waals surface area (Å²) in [6.45, 7) is 3.17. The Bertz CT molecular complexity index is 1720. The number of benzene rings is 2. The second kappa shape index (κ2) is 8.35. The van der Waals surface area contributed by atoms with Gasteiger partial charge in [-0.15, -0.1) is 0 Å². The van der Waals surface area contributed by atoms with Crippen LogP contribution < -0.4 is 4.74 Å². The van der Waals surface area contributed by atoms with Gasteiger partial charge < -0.3 is 9.30 Å². The molecule has 0 bridgehead atoms. The summed E-state index contributed by atoms with van der Waals surface area (Å²) in [5.41, 5.74) is 1.89. The van der Waals surface area contributed by atoms with Gasteiger partial charge in [-0.05, 0) is 56.3 Å². The highest BCUT2D eigenvalue weighted by molar-refractivity contribution is 7.90. The van der Waals surface area contributed by atoms with Crippen molar-refractivity contribution in [3.8, 4) is 17.0 Å². The zero-order valence-electron chi connectivity index (χ0n) is 19.3. The first kappa shape index (κ1) is 22.8. The van der Waals surface area contributed by atoms with Crippen molar-refractivity contribution in [3.63, 3.8) is 0 Å². The monoisotopic (exact) mass is 491 g/mol. The number of halogens is 1. The number of rotatable bonds is 6. The van der Waals surface area contributed by atoms with Gasteiger partial charge in [0.05, 0.1) is 10.3 Å². The van der Waals surface area contributed by atoms with Crippen LogP contribution in [0.2, 0.25) is 0 Å². The van der Waals surface area contributed by atoms with Crippen molar-refractivity contribution in [1.82, 2.24) is 13.5 Å². The van der Waals surface area contributed by atoms with Crippen molar-refractivity contribution in [2.75, 3.05) is 6.61 Å². The van der Waals surface area contributed by atoms with Crippen LogP contribution in [0.15, 0.2) is 71.9 Å². The Balaban J connectivity index is 1.82. The third-order valence-electron chi connectivity index (χ3n) is 5.84. The maximum absolute atomic E-state index is 16.0. The number of pyridine rings is 1. The molecule has 9 heteroatoms. The number of aryl methyl sites for hydroxylation is 2. The van der Waals surface area contributed by atoms with Crippen LogP contribution in [0.1, 0.15) is 12.5 Å². The fraction of sp³-hybridized carbons (Fsp3) is 0.154. The van der Waals surface area contributed by atoms with Crippen LogP contribution in [-0.2, 0) is 21.9 Å². The fourth-order valence-electron chi connectivity index (χ4n) is 4.16. The largest absolute Gasteiger partial charge is 0.486 e. The quantitative estimate of drug-likeness (QED) is 0.339. The predicted molar refractivity (Wildman–Crippen MR) is 132 cm³/mol. The standard InChI is InChI=1S/C26H22FN3O4S/c1-16-6-9-19(10-7-16)35(32,33)30-25(24(27)20-5-4-12-28-26(20)30)22-14-29(3)23-11-8-18(13-21(22)23)34-15-17(2)31/h4-14H,15H2,1-3H3. The van der Waals surface area contributed by atoms with E-state index in [0.717, 1.165) is 15.1 Å². The normalized spacial score (nSPS) is 11.9. The van der Waals surface area contributed by atoms with E-state index in [-0.39, 0.29) is 34.0 Å². The minimum absolute atomic E-state index is 0.00145. The molecule has 0 aliphatic heterocycles. The highest BCUT2D eigenvalue weighted by Crippen LogP contribution is 2.39. The maximum atomic E-state index is 16.0. The minimum Gasteiger partial charge on any atom is -0.486 e. The van der Waals surface area contributed by atoms with Crippen LogP contribution in [0, 0.1) is 12.7 Å². The number of carbonyl (C=O) groups is 1. The van der Waals surface area contributed by atoms with Gasteiger partial charge in [-0.1, -0.05) is 17.7 Å². The van der Waals surface area contributed by atoms with Crippen LogP contribution in [0.3, 0.4) is 0 Å². The SMILES string of the molecule is CC(=O)COc1ccc2c(c1)c(-c1c(F)c3cccnc3n1S(=O)(=O)c1ccc(C)cc1)cn2C. The Morgan fingerprint density at radius 2 is 1.83 bits per heavy atom. The van der Waals surface area contributed by atoms with Gasteiger partial charge in [0.15, 0.2) is 17.2 Å². The molecule has 0 amide bonds. The molecule has 7 nitrogen and oxygen atoms in total. The van der Waals surface area contributed by atoms with Crippen LogP contribution in [0.4, 0.5) is 4.39 Å². The molecular formula is C26H22FN3O4S. The molecule has 0 aliphatic rings. The number of fused-ring (bicyclic) bond motifs is 2. The van der Waals surface area contributed by atoms with Gasteiger partial charge in [0, 0.05) is 35.9 Å². The van der Waals surface area contributed by atoms with E-state index in [9.17, 15) is 13.2 Å². The summed E-state index contributed by atoms with van der Waals surface area (Å²) in [6.07, 6.45) is 3.11. The topological polar surface area (TPSA) is 83.2 Å². The van der Waals surface area contributed by atoms with E-state index in [2.05, 4.69) is 4.98 Å². The number of ether oxygens (including phenoxy) is 1. The molecule has 0 aliphatic carbocycles. The molecule has 5 rings (SSSR count). The molecule has 5 aromatic rings. The van der Waals surface area contributed by atoms with Crippen molar-refractivity contribution in [2.45, 2.75) is 18.7 Å². The first-order valence-corrected chi connectivity index (χ1v) is 12.3. The van der Waals surface area contributed by atoms with Crippen LogP contribution in [-0.4, -0.2) is 34.3 Å². The summed E-state index contributed by atoms with van der Waals surface area (Å²) in [6, 6.07) is 14.6. The van der Waals surface area contributed by atoms with Gasteiger partial charge in [-0.3, -0.25) is 4.79 Å². The molecule has 0 saturated heterocycles. The van der Waals surface area contributed by atoms with E-state index in [1.807, 2.05) is 6.92 Å². The third-order valence-corrected chi connectivity index (χ3v) is 7.55. The molecule has 178 valence electrons.